The monoisotopic (exact) mass is 271 g/mol. The molecular weight excluding hydrogens is 250 g/mol. The first-order valence-corrected chi connectivity index (χ1v) is 7.22. The van der Waals surface area contributed by atoms with Gasteiger partial charge in [-0.2, -0.15) is 4.31 Å². The summed E-state index contributed by atoms with van der Waals surface area (Å²) in [5.74, 6) is 0. The fourth-order valence-corrected chi connectivity index (χ4v) is 2.43. The second-order valence-corrected chi connectivity index (χ2v) is 7.42. The summed E-state index contributed by atoms with van der Waals surface area (Å²) >= 11 is 0. The zero-order valence-corrected chi connectivity index (χ0v) is 12.1. The van der Waals surface area contributed by atoms with Crippen LogP contribution < -0.4 is 5.73 Å². The van der Waals surface area contributed by atoms with Crippen molar-refractivity contribution in [3.63, 3.8) is 0 Å². The Bertz CT molecular complexity index is 480. The van der Waals surface area contributed by atoms with Gasteiger partial charge in [-0.1, -0.05) is 26.8 Å². The number of rotatable bonds is 4. The van der Waals surface area contributed by atoms with Gasteiger partial charge in [0, 0.05) is 25.8 Å². The molecule has 102 valence electrons. The summed E-state index contributed by atoms with van der Waals surface area (Å²) in [6.45, 7) is 6.22. The van der Waals surface area contributed by atoms with E-state index >= 15 is 0 Å². The van der Waals surface area contributed by atoms with Crippen LogP contribution in [-0.4, -0.2) is 37.3 Å². The van der Waals surface area contributed by atoms with Gasteiger partial charge in [-0.05, 0) is 17.5 Å². The average Bonchev–Trinajstić information content (AvgIpc) is 2.28. The normalized spacial score (nSPS) is 14.8. The first-order chi connectivity index (χ1) is 8.15. The zero-order valence-electron chi connectivity index (χ0n) is 11.3. The molecule has 1 rings (SSSR count). The lowest BCUT2D eigenvalue weighted by atomic mass is 9.87. The number of hydrogen-bond donors (Lipinski definition) is 1. The lowest BCUT2D eigenvalue weighted by Gasteiger charge is -2.30. The fourth-order valence-electron chi connectivity index (χ4n) is 1.31. The molecule has 0 aliphatic rings. The maximum atomic E-state index is 12.2. The van der Waals surface area contributed by atoms with Crippen LogP contribution in [0.5, 0.6) is 0 Å². The van der Waals surface area contributed by atoms with Crippen LogP contribution in [0.15, 0.2) is 29.4 Å². The van der Waals surface area contributed by atoms with E-state index in [9.17, 15) is 8.42 Å². The van der Waals surface area contributed by atoms with E-state index in [2.05, 4.69) is 4.98 Å². The van der Waals surface area contributed by atoms with Crippen molar-refractivity contribution in [2.24, 2.45) is 11.1 Å². The summed E-state index contributed by atoms with van der Waals surface area (Å²) in [5.41, 5.74) is 5.85. The van der Waals surface area contributed by atoms with Crippen LogP contribution in [-0.2, 0) is 10.0 Å². The lowest BCUT2D eigenvalue weighted by molar-refractivity contribution is 0.279. The molecule has 0 amide bonds. The summed E-state index contributed by atoms with van der Waals surface area (Å²) < 4.78 is 25.7. The molecule has 1 aromatic heterocycles. The van der Waals surface area contributed by atoms with Gasteiger partial charge in [0.05, 0.1) is 0 Å². The van der Waals surface area contributed by atoms with Gasteiger partial charge < -0.3 is 5.73 Å². The molecule has 0 saturated carbocycles. The van der Waals surface area contributed by atoms with Gasteiger partial charge in [0.2, 0.25) is 0 Å². The molecule has 2 N–H and O–H groups in total. The van der Waals surface area contributed by atoms with Crippen LogP contribution >= 0.6 is 0 Å². The molecule has 0 aliphatic carbocycles. The highest BCUT2D eigenvalue weighted by Crippen LogP contribution is 2.20. The number of pyridine rings is 1. The lowest BCUT2D eigenvalue weighted by Crippen LogP contribution is -2.45. The largest absolute Gasteiger partial charge is 0.326 e. The maximum Gasteiger partial charge on any atom is 0.260 e. The smallest absolute Gasteiger partial charge is 0.260 e. The molecule has 0 fully saturated rings. The van der Waals surface area contributed by atoms with E-state index < -0.39 is 10.0 Å². The number of nitrogens with two attached hydrogens (primary N) is 1. The molecule has 18 heavy (non-hydrogen) atoms. The predicted molar refractivity (Wildman–Crippen MR) is 71.5 cm³/mol. The molecule has 1 atom stereocenters. The van der Waals surface area contributed by atoms with Crippen molar-refractivity contribution >= 4 is 10.0 Å². The minimum atomic E-state index is -3.55. The predicted octanol–water partition coefficient (Wildman–Crippen LogP) is 1.08. The third-order valence-corrected chi connectivity index (χ3v) is 4.62. The zero-order chi connectivity index (χ0) is 14.0. The quantitative estimate of drug-likeness (QED) is 0.889. The summed E-state index contributed by atoms with van der Waals surface area (Å²) in [5, 5.41) is 0.0496. The van der Waals surface area contributed by atoms with Crippen molar-refractivity contribution in [3.05, 3.63) is 24.4 Å². The number of nitrogens with zero attached hydrogens (tertiary/aromatic N) is 2. The molecule has 0 saturated heterocycles. The Balaban J connectivity index is 2.88. The molecule has 0 spiro atoms. The van der Waals surface area contributed by atoms with Crippen LogP contribution in [0.25, 0.3) is 0 Å². The SMILES string of the molecule is CN(C[C@@H](N)C(C)(C)C)S(=O)(=O)c1ccccn1. The third-order valence-electron chi connectivity index (χ3n) is 2.88. The molecule has 5 nitrogen and oxygen atoms in total. The average molecular weight is 271 g/mol. The second kappa shape index (κ2) is 5.34. The minimum Gasteiger partial charge on any atom is -0.326 e. The Labute approximate surface area is 109 Å². The van der Waals surface area contributed by atoms with E-state index in [0.717, 1.165) is 0 Å². The van der Waals surface area contributed by atoms with Crippen molar-refractivity contribution < 1.29 is 8.42 Å². The van der Waals surface area contributed by atoms with Gasteiger partial charge in [0.1, 0.15) is 0 Å². The number of hydrogen-bond acceptors (Lipinski definition) is 4. The number of aromatic nitrogens is 1. The molecule has 0 aliphatic heterocycles. The molecule has 0 radical (unpaired) electrons. The van der Waals surface area contributed by atoms with Crippen LogP contribution in [0.4, 0.5) is 0 Å². The van der Waals surface area contributed by atoms with Crippen molar-refractivity contribution in [1.29, 1.82) is 0 Å². The van der Waals surface area contributed by atoms with Crippen molar-refractivity contribution in [2.75, 3.05) is 13.6 Å². The van der Waals surface area contributed by atoms with Crippen LogP contribution in [0.1, 0.15) is 20.8 Å². The minimum absolute atomic E-state index is 0.0496. The molecule has 6 heteroatoms. The Morgan fingerprint density at radius 2 is 2.00 bits per heavy atom. The fraction of sp³-hybridized carbons (Fsp3) is 0.583. The van der Waals surface area contributed by atoms with E-state index in [0.29, 0.717) is 0 Å². The molecule has 0 unspecified atom stereocenters. The van der Waals surface area contributed by atoms with E-state index in [1.807, 2.05) is 20.8 Å². The Morgan fingerprint density at radius 1 is 1.39 bits per heavy atom. The Morgan fingerprint density at radius 3 is 2.44 bits per heavy atom. The summed E-state index contributed by atoms with van der Waals surface area (Å²) in [7, 11) is -2.03. The molecule has 1 aromatic rings. The number of sulfonamides is 1. The topological polar surface area (TPSA) is 76.3 Å². The highest BCUT2D eigenvalue weighted by molar-refractivity contribution is 7.89. The van der Waals surface area contributed by atoms with E-state index in [1.165, 1.54) is 23.6 Å². The molecule has 0 bridgehead atoms. The highest BCUT2D eigenvalue weighted by Gasteiger charge is 2.28. The van der Waals surface area contributed by atoms with Crippen LogP contribution in [0.3, 0.4) is 0 Å². The Hall–Kier alpha value is -0.980. The summed E-state index contributed by atoms with van der Waals surface area (Å²) in [4.78, 5) is 3.87. The first kappa shape index (κ1) is 15.1. The summed E-state index contributed by atoms with van der Waals surface area (Å²) in [6, 6.07) is 4.58. The van der Waals surface area contributed by atoms with Gasteiger partial charge in [-0.25, -0.2) is 13.4 Å². The third kappa shape index (κ3) is 3.51. The molecule has 0 aromatic carbocycles. The van der Waals surface area contributed by atoms with Gasteiger partial charge in [0.25, 0.3) is 10.0 Å². The maximum absolute atomic E-state index is 12.2. The van der Waals surface area contributed by atoms with Gasteiger partial charge in [0.15, 0.2) is 5.03 Å². The summed E-state index contributed by atoms with van der Waals surface area (Å²) in [6.07, 6.45) is 1.46. The van der Waals surface area contributed by atoms with Crippen LogP contribution in [0, 0.1) is 5.41 Å². The first-order valence-electron chi connectivity index (χ1n) is 5.78. The van der Waals surface area contributed by atoms with Gasteiger partial charge >= 0.3 is 0 Å². The van der Waals surface area contributed by atoms with Crippen molar-refractivity contribution in [1.82, 2.24) is 9.29 Å². The van der Waals surface area contributed by atoms with Gasteiger partial charge in [-0.15, -0.1) is 0 Å². The number of likely N-dealkylation sites (N-methyl/N-ethyl adjacent to an activating group) is 1. The highest BCUT2D eigenvalue weighted by atomic mass is 32.2. The van der Waals surface area contributed by atoms with E-state index in [1.54, 1.807) is 12.1 Å². The molecule has 1 heterocycles. The van der Waals surface area contributed by atoms with E-state index in [4.69, 9.17) is 5.73 Å². The molecular formula is C12H21N3O2S. The second-order valence-electron chi connectivity index (χ2n) is 5.43. The van der Waals surface area contributed by atoms with Gasteiger partial charge in [-0.3, -0.25) is 0 Å². The van der Waals surface area contributed by atoms with E-state index in [-0.39, 0.29) is 23.0 Å². The van der Waals surface area contributed by atoms with Crippen molar-refractivity contribution in [2.45, 2.75) is 31.8 Å². The van der Waals surface area contributed by atoms with Crippen LogP contribution in [0.2, 0.25) is 0 Å². The van der Waals surface area contributed by atoms with Crippen molar-refractivity contribution in [3.8, 4) is 0 Å². The standard InChI is InChI=1S/C12H21N3O2S/c1-12(2,3)10(13)9-15(4)18(16,17)11-7-5-6-8-14-11/h5-8,10H,9,13H2,1-4H3/t10-/m1/s1. The Kier molecular flexibility index (Phi) is 4.47.